The van der Waals surface area contributed by atoms with Crippen molar-refractivity contribution in [3.05, 3.63) is 18.7 Å². The standard InChI is InChI=1S/C21H43N3O5PS.ClH/c1-5-28-30(25,29-6-2)20-16-14-12-10-8-7-9-11-13-15-17-23-18-19-24(21-23)31(26,27)22(3)4;/h18-19,21H,5-17,20H2,1-4H3;1H/q+1;/p-1. The van der Waals surface area contributed by atoms with Gasteiger partial charge < -0.3 is 21.5 Å². The molecule has 0 fully saturated rings. The highest BCUT2D eigenvalue weighted by Crippen LogP contribution is 2.48. The topological polar surface area (TPSA) is 81.7 Å². The van der Waals surface area contributed by atoms with Gasteiger partial charge in [0.05, 0.1) is 25.9 Å². The summed E-state index contributed by atoms with van der Waals surface area (Å²) in [4.78, 5) is 0. The molecule has 0 aliphatic carbocycles. The molecule has 0 saturated carbocycles. The summed E-state index contributed by atoms with van der Waals surface area (Å²) in [6.45, 7) is 5.39. The van der Waals surface area contributed by atoms with Crippen LogP contribution in [0.3, 0.4) is 0 Å². The molecule has 0 N–H and O–H groups in total. The molecule has 1 rings (SSSR count). The first-order valence-corrected chi connectivity index (χ1v) is 14.8. The second kappa shape index (κ2) is 17.1. The smallest absolute Gasteiger partial charge is 0.379 e. The summed E-state index contributed by atoms with van der Waals surface area (Å²) < 4.78 is 51.5. The van der Waals surface area contributed by atoms with Crippen LogP contribution in [0.2, 0.25) is 0 Å². The Morgan fingerprint density at radius 2 is 1.34 bits per heavy atom. The molecule has 0 spiro atoms. The predicted octanol–water partition coefficient (Wildman–Crippen LogP) is 1.60. The molecule has 32 heavy (non-hydrogen) atoms. The zero-order chi connectivity index (χ0) is 23.2. The third-order valence-corrected chi connectivity index (χ3v) is 8.98. The molecule has 190 valence electrons. The van der Waals surface area contributed by atoms with Crippen LogP contribution in [0.5, 0.6) is 0 Å². The summed E-state index contributed by atoms with van der Waals surface area (Å²) in [5.74, 6) is 0. The van der Waals surface area contributed by atoms with Gasteiger partial charge in [0.2, 0.25) is 0 Å². The number of halogens is 1. The molecule has 0 radical (unpaired) electrons. The van der Waals surface area contributed by atoms with E-state index >= 15 is 0 Å². The maximum absolute atomic E-state index is 12.4. The molecule has 1 heterocycles. The van der Waals surface area contributed by atoms with E-state index in [-0.39, 0.29) is 12.4 Å². The Labute approximate surface area is 201 Å². The van der Waals surface area contributed by atoms with Crippen LogP contribution in [0.4, 0.5) is 0 Å². The highest BCUT2D eigenvalue weighted by Gasteiger charge is 2.23. The number of rotatable bonds is 19. The molecule has 0 aliphatic heterocycles. The van der Waals surface area contributed by atoms with Gasteiger partial charge in [-0.05, 0) is 33.1 Å². The van der Waals surface area contributed by atoms with Gasteiger partial charge >= 0.3 is 17.8 Å². The van der Waals surface area contributed by atoms with Crippen LogP contribution in [-0.4, -0.2) is 50.2 Å². The van der Waals surface area contributed by atoms with Gasteiger partial charge in [-0.15, -0.1) is 3.97 Å². The minimum absolute atomic E-state index is 0. The average Bonchev–Trinajstić information content (AvgIpc) is 3.19. The van der Waals surface area contributed by atoms with Crippen LogP contribution in [0.1, 0.15) is 78.1 Å². The van der Waals surface area contributed by atoms with E-state index in [2.05, 4.69) is 0 Å². The Bertz CT molecular complexity index is 748. The summed E-state index contributed by atoms with van der Waals surface area (Å²) in [6.07, 6.45) is 17.1. The number of imidazole rings is 1. The lowest BCUT2D eigenvalue weighted by Crippen LogP contribution is -3.00. The third-order valence-electron chi connectivity index (χ3n) is 5.14. The third kappa shape index (κ3) is 12.1. The quantitative estimate of drug-likeness (QED) is 0.159. The lowest BCUT2D eigenvalue weighted by molar-refractivity contribution is -0.696. The van der Waals surface area contributed by atoms with E-state index in [0.29, 0.717) is 19.4 Å². The van der Waals surface area contributed by atoms with Crippen LogP contribution in [-0.2, 0) is 30.4 Å². The first kappa shape index (κ1) is 31.6. The number of unbranched alkanes of at least 4 members (excludes halogenated alkanes) is 9. The van der Waals surface area contributed by atoms with Gasteiger partial charge in [0, 0.05) is 14.1 Å². The van der Waals surface area contributed by atoms with Crippen molar-refractivity contribution in [1.82, 2.24) is 8.28 Å². The van der Waals surface area contributed by atoms with E-state index in [9.17, 15) is 13.0 Å². The van der Waals surface area contributed by atoms with Crippen LogP contribution < -0.4 is 17.0 Å². The molecule has 0 amide bonds. The Balaban J connectivity index is 0.00000961. The largest absolute Gasteiger partial charge is 1.00 e. The van der Waals surface area contributed by atoms with Crippen molar-refractivity contribution in [3.63, 3.8) is 0 Å². The fourth-order valence-electron chi connectivity index (χ4n) is 3.41. The van der Waals surface area contributed by atoms with Gasteiger partial charge in [0.1, 0.15) is 12.4 Å². The first-order chi connectivity index (χ1) is 14.7. The van der Waals surface area contributed by atoms with Crippen molar-refractivity contribution in [2.45, 2.75) is 84.6 Å². The van der Waals surface area contributed by atoms with Crippen molar-refractivity contribution in [2.24, 2.45) is 0 Å². The van der Waals surface area contributed by atoms with E-state index in [0.717, 1.165) is 32.2 Å². The molecule has 1 aromatic heterocycles. The lowest BCUT2D eigenvalue weighted by Gasteiger charge is -2.16. The summed E-state index contributed by atoms with van der Waals surface area (Å²) >= 11 is 0. The summed E-state index contributed by atoms with van der Waals surface area (Å²) in [6, 6.07) is 0. The minimum atomic E-state index is -3.42. The van der Waals surface area contributed by atoms with E-state index in [1.807, 2.05) is 24.6 Å². The van der Waals surface area contributed by atoms with Crippen molar-refractivity contribution >= 4 is 17.8 Å². The van der Waals surface area contributed by atoms with Crippen molar-refractivity contribution in [3.8, 4) is 0 Å². The average molecular weight is 516 g/mol. The number of hydrogen-bond acceptors (Lipinski definition) is 5. The van der Waals surface area contributed by atoms with Crippen LogP contribution in [0.25, 0.3) is 0 Å². The molecule has 0 aliphatic rings. The van der Waals surface area contributed by atoms with E-state index < -0.39 is 17.8 Å². The van der Waals surface area contributed by atoms with E-state index in [4.69, 9.17) is 9.05 Å². The number of aryl methyl sites for hydroxylation is 1. The summed E-state index contributed by atoms with van der Waals surface area (Å²) in [7, 11) is -3.22. The molecule has 0 aromatic carbocycles. The molecule has 0 atom stereocenters. The van der Waals surface area contributed by atoms with Crippen molar-refractivity contribution < 1.29 is 39.0 Å². The predicted molar refractivity (Wildman–Crippen MR) is 125 cm³/mol. The minimum Gasteiger partial charge on any atom is -1.00 e. The van der Waals surface area contributed by atoms with Crippen LogP contribution >= 0.6 is 7.60 Å². The second-order valence-corrected chi connectivity index (χ2v) is 12.2. The molecule has 11 heteroatoms. The highest BCUT2D eigenvalue weighted by molar-refractivity contribution is 7.87. The zero-order valence-corrected chi connectivity index (χ0v) is 22.7. The van der Waals surface area contributed by atoms with Crippen molar-refractivity contribution in [2.75, 3.05) is 33.5 Å². The molecular formula is C21H43ClN3O5PS. The Morgan fingerprint density at radius 1 is 0.875 bits per heavy atom. The molecular weight excluding hydrogens is 473 g/mol. The van der Waals surface area contributed by atoms with Crippen LogP contribution in [0, 0.1) is 0 Å². The monoisotopic (exact) mass is 515 g/mol. The fourth-order valence-corrected chi connectivity index (χ4v) is 5.96. The van der Waals surface area contributed by atoms with Gasteiger partial charge in [-0.2, -0.15) is 12.7 Å². The first-order valence-electron chi connectivity index (χ1n) is 11.6. The highest BCUT2D eigenvalue weighted by atomic mass is 35.5. The van der Waals surface area contributed by atoms with Gasteiger partial charge in [-0.1, -0.05) is 44.9 Å². The SMILES string of the molecule is CCOP(=O)(CCCCCCCCCCCC[n+]1ccn(S(=O)(=O)N(C)C)c1)OCC.[Cl-]. The Hall–Kier alpha value is -0.440. The van der Waals surface area contributed by atoms with Gasteiger partial charge in [-0.3, -0.25) is 4.57 Å². The summed E-state index contributed by atoms with van der Waals surface area (Å²) in [5.41, 5.74) is 0. The molecule has 1 aromatic rings. The van der Waals surface area contributed by atoms with Gasteiger partial charge in [0.15, 0.2) is 0 Å². The molecule has 8 nitrogen and oxygen atoms in total. The normalized spacial score (nSPS) is 12.3. The molecule has 0 unspecified atom stereocenters. The number of nitrogens with zero attached hydrogens (tertiary/aromatic N) is 3. The Kier molecular flexibility index (Phi) is 16.8. The Morgan fingerprint density at radius 3 is 1.81 bits per heavy atom. The fraction of sp³-hybridized carbons (Fsp3) is 0.857. The van der Waals surface area contributed by atoms with E-state index in [1.165, 1.54) is 60.9 Å². The van der Waals surface area contributed by atoms with Gasteiger partial charge in [-0.25, -0.2) is 4.57 Å². The van der Waals surface area contributed by atoms with E-state index in [1.54, 1.807) is 12.5 Å². The molecule has 0 saturated heterocycles. The van der Waals surface area contributed by atoms with Crippen LogP contribution in [0.15, 0.2) is 18.7 Å². The maximum Gasteiger partial charge on any atom is 0.379 e. The zero-order valence-electron chi connectivity index (χ0n) is 20.2. The lowest BCUT2D eigenvalue weighted by atomic mass is 10.1. The summed E-state index contributed by atoms with van der Waals surface area (Å²) in [5, 5.41) is 0. The van der Waals surface area contributed by atoms with Gasteiger partial charge in [0.25, 0.3) is 6.33 Å². The maximum atomic E-state index is 12.4. The molecule has 0 bridgehead atoms. The second-order valence-electron chi connectivity index (χ2n) is 7.98. The number of hydrogen-bond donors (Lipinski definition) is 0. The van der Waals surface area contributed by atoms with Crippen molar-refractivity contribution in [1.29, 1.82) is 0 Å². The number of aromatic nitrogens is 2.